The Bertz CT molecular complexity index is 351. The Balaban J connectivity index is 0. The maximum atomic E-state index is 10.5. The third kappa shape index (κ3) is 8.70. The van der Waals surface area contributed by atoms with Crippen LogP contribution >= 0.6 is 0 Å². The van der Waals surface area contributed by atoms with Gasteiger partial charge in [-0.1, -0.05) is 0 Å². The summed E-state index contributed by atoms with van der Waals surface area (Å²) in [6, 6.07) is 0. The Kier molecular flexibility index (Phi) is 13.9. The van der Waals surface area contributed by atoms with Crippen LogP contribution < -0.4 is 0 Å². The fourth-order valence-electron chi connectivity index (χ4n) is 1.22. The van der Waals surface area contributed by atoms with Gasteiger partial charge in [0.15, 0.2) is 12.1 Å². The van der Waals surface area contributed by atoms with Crippen LogP contribution in [0.25, 0.3) is 0 Å². The summed E-state index contributed by atoms with van der Waals surface area (Å²) in [5, 5.41) is 86.6. The molecule has 0 amide bonds. The maximum Gasteiger partial charge on any atom is 0.189 e. The molecule has 0 aliphatic carbocycles. The van der Waals surface area contributed by atoms with Crippen molar-refractivity contribution in [3.8, 4) is 0 Å². The molecular weight excluding hydrogens is 336 g/mol. The highest BCUT2D eigenvalue weighted by molar-refractivity contribution is 5.84. The zero-order valence-corrected chi connectivity index (χ0v) is 12.5. The molecule has 0 spiro atoms. The minimum atomic E-state index is -1.86. The van der Waals surface area contributed by atoms with E-state index in [1.54, 1.807) is 0 Å². The molecule has 0 rings (SSSR count). The standard InChI is InChI=1S/2C6H12O6/c2*7-1-3(9)5(11)6(12)4(10)2-8/h3,5-9,11-12H,1-2H2;1,3-6,8-12H,2H2/t3-,5+,6-;3-,4-,5-,6-/m11/s1. The van der Waals surface area contributed by atoms with E-state index in [1.807, 2.05) is 0 Å². The Labute approximate surface area is 136 Å². The average molecular weight is 360 g/mol. The van der Waals surface area contributed by atoms with E-state index in [2.05, 4.69) is 0 Å². The lowest BCUT2D eigenvalue weighted by Gasteiger charge is -2.22. The summed E-state index contributed by atoms with van der Waals surface area (Å²) in [6.45, 7) is -2.45. The fourth-order valence-corrected chi connectivity index (χ4v) is 1.22. The lowest BCUT2D eigenvalue weighted by Crippen LogP contribution is -2.46. The van der Waals surface area contributed by atoms with Crippen LogP contribution in [0, 0.1) is 0 Å². The molecule has 0 aromatic carbocycles. The SMILES string of the molecule is O=C(CO)[C@@H](O)[C@@H](O)[C@H](O)CO.O=C[C@@H](O)[C@@H](O)[C@H](O)[C@H](O)CO. The molecule has 0 heterocycles. The summed E-state index contributed by atoms with van der Waals surface area (Å²) < 4.78 is 0. The van der Waals surface area contributed by atoms with Crippen molar-refractivity contribution < 1.29 is 60.7 Å². The van der Waals surface area contributed by atoms with Crippen molar-refractivity contribution in [2.45, 2.75) is 42.7 Å². The van der Waals surface area contributed by atoms with Gasteiger partial charge in [0.2, 0.25) is 0 Å². The van der Waals surface area contributed by atoms with Gasteiger partial charge in [-0.05, 0) is 0 Å². The molecule has 0 aliphatic heterocycles. The van der Waals surface area contributed by atoms with Gasteiger partial charge < -0.3 is 55.9 Å². The summed E-state index contributed by atoms with van der Waals surface area (Å²) >= 11 is 0. The Morgan fingerprint density at radius 2 is 1.17 bits per heavy atom. The minimum absolute atomic E-state index is 0.0258. The van der Waals surface area contributed by atoms with Crippen LogP contribution in [0.3, 0.4) is 0 Å². The highest BCUT2D eigenvalue weighted by Gasteiger charge is 2.30. The summed E-state index contributed by atoms with van der Waals surface area (Å²) in [5.41, 5.74) is 0. The van der Waals surface area contributed by atoms with Crippen molar-refractivity contribution in [1.82, 2.24) is 0 Å². The number of ketones is 1. The lowest BCUT2D eigenvalue weighted by atomic mass is 10.0. The third-order valence-corrected chi connectivity index (χ3v) is 2.81. The van der Waals surface area contributed by atoms with E-state index in [9.17, 15) is 9.59 Å². The number of rotatable bonds is 10. The van der Waals surface area contributed by atoms with Crippen molar-refractivity contribution in [3.63, 3.8) is 0 Å². The quantitative estimate of drug-likeness (QED) is 0.164. The summed E-state index contributed by atoms with van der Waals surface area (Å²) in [4.78, 5) is 20.4. The first-order valence-electron chi connectivity index (χ1n) is 6.65. The Hall–Kier alpha value is -1.06. The van der Waals surface area contributed by atoms with Gasteiger partial charge in [-0.25, -0.2) is 0 Å². The van der Waals surface area contributed by atoms with E-state index >= 15 is 0 Å². The second kappa shape index (κ2) is 13.3. The molecule has 7 atom stereocenters. The topological polar surface area (TPSA) is 236 Å². The number of hydrogen-bond donors (Lipinski definition) is 10. The molecule has 144 valence electrons. The zero-order valence-electron chi connectivity index (χ0n) is 12.5. The molecule has 12 nitrogen and oxygen atoms in total. The van der Waals surface area contributed by atoms with Gasteiger partial charge in [0.25, 0.3) is 0 Å². The second-order valence-electron chi connectivity index (χ2n) is 4.67. The van der Waals surface area contributed by atoms with E-state index in [0.29, 0.717) is 0 Å². The maximum absolute atomic E-state index is 10.5. The van der Waals surface area contributed by atoms with Crippen LogP contribution in [-0.2, 0) is 9.59 Å². The minimum Gasteiger partial charge on any atom is -0.394 e. The van der Waals surface area contributed by atoms with Gasteiger partial charge in [-0.15, -0.1) is 0 Å². The van der Waals surface area contributed by atoms with E-state index in [0.717, 1.165) is 0 Å². The lowest BCUT2D eigenvalue weighted by molar-refractivity contribution is -0.142. The molecular formula is C12H24O12. The van der Waals surface area contributed by atoms with Gasteiger partial charge in [0.05, 0.1) is 13.2 Å². The molecule has 10 N–H and O–H groups in total. The summed E-state index contributed by atoms with van der Waals surface area (Å²) in [7, 11) is 0. The van der Waals surface area contributed by atoms with Crippen LogP contribution in [-0.4, -0.2) is 126 Å². The van der Waals surface area contributed by atoms with Crippen LogP contribution in [0.4, 0.5) is 0 Å². The number of aldehydes is 1. The van der Waals surface area contributed by atoms with Gasteiger partial charge in [-0.2, -0.15) is 0 Å². The van der Waals surface area contributed by atoms with E-state index < -0.39 is 68.3 Å². The molecule has 0 fully saturated rings. The van der Waals surface area contributed by atoms with Gasteiger partial charge in [-0.3, -0.25) is 4.79 Å². The summed E-state index contributed by atoms with van der Waals surface area (Å²) in [6.07, 6.45) is -12.1. The van der Waals surface area contributed by atoms with Gasteiger partial charge in [0, 0.05) is 0 Å². The fraction of sp³-hybridized carbons (Fsp3) is 0.833. The number of aliphatic hydroxyl groups is 10. The van der Waals surface area contributed by atoms with Crippen LogP contribution in [0.1, 0.15) is 0 Å². The van der Waals surface area contributed by atoms with Crippen LogP contribution in [0.2, 0.25) is 0 Å². The molecule has 0 saturated carbocycles. The molecule has 0 bridgehead atoms. The molecule has 0 aromatic heterocycles. The average Bonchev–Trinajstić information content (AvgIpc) is 2.62. The molecule has 24 heavy (non-hydrogen) atoms. The summed E-state index contributed by atoms with van der Waals surface area (Å²) in [5.74, 6) is -1.00. The van der Waals surface area contributed by atoms with E-state index in [4.69, 9.17) is 51.1 Å². The monoisotopic (exact) mass is 360 g/mol. The van der Waals surface area contributed by atoms with Crippen LogP contribution in [0.5, 0.6) is 0 Å². The third-order valence-electron chi connectivity index (χ3n) is 2.81. The number of aliphatic hydroxyl groups excluding tert-OH is 10. The first-order chi connectivity index (χ1) is 11.1. The largest absolute Gasteiger partial charge is 0.394 e. The normalized spacial score (nSPS) is 19.8. The number of hydrogen-bond acceptors (Lipinski definition) is 12. The second-order valence-corrected chi connectivity index (χ2v) is 4.67. The molecule has 0 saturated heterocycles. The van der Waals surface area contributed by atoms with Crippen molar-refractivity contribution in [2.75, 3.05) is 19.8 Å². The molecule has 0 aromatic rings. The Morgan fingerprint density at radius 3 is 1.50 bits per heavy atom. The Morgan fingerprint density at radius 1 is 0.750 bits per heavy atom. The predicted molar refractivity (Wildman–Crippen MR) is 74.4 cm³/mol. The highest BCUT2D eigenvalue weighted by Crippen LogP contribution is 2.03. The van der Waals surface area contributed by atoms with Crippen molar-refractivity contribution in [1.29, 1.82) is 0 Å². The highest BCUT2D eigenvalue weighted by atomic mass is 16.4. The molecule has 0 radical (unpaired) electrons. The first-order valence-corrected chi connectivity index (χ1v) is 6.65. The van der Waals surface area contributed by atoms with Crippen molar-refractivity contribution in [2.24, 2.45) is 0 Å². The van der Waals surface area contributed by atoms with Crippen molar-refractivity contribution >= 4 is 12.1 Å². The first kappa shape index (κ1) is 25.2. The molecule has 0 aliphatic rings. The van der Waals surface area contributed by atoms with Crippen molar-refractivity contribution in [3.05, 3.63) is 0 Å². The smallest absolute Gasteiger partial charge is 0.189 e. The number of carbonyl (C=O) groups is 2. The molecule has 12 heteroatoms. The van der Waals surface area contributed by atoms with E-state index in [1.165, 1.54) is 0 Å². The van der Waals surface area contributed by atoms with Crippen LogP contribution in [0.15, 0.2) is 0 Å². The van der Waals surface area contributed by atoms with E-state index in [-0.39, 0.29) is 6.29 Å². The zero-order chi connectivity index (χ0) is 19.4. The van der Waals surface area contributed by atoms with Gasteiger partial charge >= 0.3 is 0 Å². The molecule has 0 unspecified atom stereocenters. The predicted octanol–water partition coefficient (Wildman–Crippen LogP) is -6.76. The van der Waals surface area contributed by atoms with Gasteiger partial charge in [0.1, 0.15) is 49.3 Å². The number of carbonyl (C=O) groups excluding carboxylic acids is 2. The number of Topliss-reactive ketones (excluding diaryl/α,β-unsaturated/α-hetero) is 1.